The largest absolute Gasteiger partial charge is 0.490 e. The Morgan fingerprint density at radius 1 is 1.21 bits per heavy atom. The van der Waals surface area contributed by atoms with Gasteiger partial charge in [-0.05, 0) is 24.1 Å². The zero-order chi connectivity index (χ0) is 24.1. The molecule has 178 valence electrons. The molecule has 1 unspecified atom stereocenters. The number of pyridine rings is 1. The summed E-state index contributed by atoms with van der Waals surface area (Å²) in [6, 6.07) is 13.7. The number of alkyl halides is 3. The number of hydrogen-bond acceptors (Lipinski definition) is 5. The molecule has 3 heterocycles. The second-order valence-electron chi connectivity index (χ2n) is 8.09. The van der Waals surface area contributed by atoms with E-state index in [1.54, 1.807) is 6.20 Å². The Bertz CT molecular complexity index is 962. The Hall–Kier alpha value is -3.14. The first-order valence-electron chi connectivity index (χ1n) is 10.4. The lowest BCUT2D eigenvalue weighted by molar-refractivity contribution is -0.193. The Balaban J connectivity index is 0.000000383. The third-order valence-corrected chi connectivity index (χ3v) is 5.53. The number of aromatic nitrogens is 1. The number of carbonyl (C=O) groups excluding carboxylic acids is 1. The molecule has 7 nitrogen and oxygen atoms in total. The third-order valence-electron chi connectivity index (χ3n) is 5.53. The van der Waals surface area contributed by atoms with Crippen LogP contribution in [-0.2, 0) is 20.7 Å². The van der Waals surface area contributed by atoms with Crippen LogP contribution in [0.15, 0.2) is 48.7 Å². The average molecular weight is 466 g/mol. The van der Waals surface area contributed by atoms with Crippen LogP contribution in [-0.4, -0.2) is 64.4 Å². The van der Waals surface area contributed by atoms with E-state index in [0.29, 0.717) is 32.0 Å². The van der Waals surface area contributed by atoms with Crippen LogP contribution in [0.1, 0.15) is 24.0 Å². The van der Waals surface area contributed by atoms with Gasteiger partial charge in [-0.2, -0.15) is 13.2 Å². The molecule has 2 aliphatic rings. The van der Waals surface area contributed by atoms with Gasteiger partial charge in [0.2, 0.25) is 11.8 Å². The van der Waals surface area contributed by atoms with Gasteiger partial charge in [-0.25, -0.2) is 9.78 Å². The van der Waals surface area contributed by atoms with Crippen molar-refractivity contribution in [2.45, 2.75) is 44.1 Å². The number of carboxylic acid groups (broad SMARTS) is 1. The maximum atomic E-state index is 12.6. The van der Waals surface area contributed by atoms with Gasteiger partial charge in [0.15, 0.2) is 0 Å². The van der Waals surface area contributed by atoms with Crippen LogP contribution in [0.25, 0.3) is 0 Å². The number of ether oxygens (including phenoxy) is 2. The molecule has 0 radical (unpaired) electrons. The van der Waals surface area contributed by atoms with Crippen molar-refractivity contribution < 1.29 is 37.3 Å². The SMILES string of the molecule is Cc1ccccc1CC(=O)N1CC2(CC(Oc3ccccn3)CCO2)C1.O=C(O)C(F)(F)F. The van der Waals surface area contributed by atoms with Gasteiger partial charge in [0.25, 0.3) is 0 Å². The fraction of sp³-hybridized carbons (Fsp3) is 0.435. The predicted molar refractivity (Wildman–Crippen MR) is 112 cm³/mol. The maximum absolute atomic E-state index is 12.6. The first kappa shape index (κ1) is 24.5. The van der Waals surface area contributed by atoms with E-state index < -0.39 is 12.1 Å². The summed E-state index contributed by atoms with van der Waals surface area (Å²) in [5.41, 5.74) is 2.01. The van der Waals surface area contributed by atoms with E-state index >= 15 is 0 Å². The molecule has 1 aromatic carbocycles. The minimum Gasteiger partial charge on any atom is -0.475 e. The molecular formula is C23H25F3N2O5. The van der Waals surface area contributed by atoms with Crippen LogP contribution in [0.2, 0.25) is 0 Å². The number of nitrogens with zero attached hydrogens (tertiary/aromatic N) is 2. The first-order valence-corrected chi connectivity index (χ1v) is 10.4. The molecule has 33 heavy (non-hydrogen) atoms. The molecule has 2 aromatic rings. The summed E-state index contributed by atoms with van der Waals surface area (Å²) < 4.78 is 43.8. The number of amides is 1. The fourth-order valence-electron chi connectivity index (χ4n) is 3.80. The smallest absolute Gasteiger partial charge is 0.475 e. The van der Waals surface area contributed by atoms with Crippen LogP contribution in [0.5, 0.6) is 5.88 Å². The highest BCUT2D eigenvalue weighted by Crippen LogP contribution is 2.36. The van der Waals surface area contributed by atoms with Crippen LogP contribution in [0.4, 0.5) is 13.2 Å². The van der Waals surface area contributed by atoms with Crippen LogP contribution >= 0.6 is 0 Å². The van der Waals surface area contributed by atoms with Crippen molar-refractivity contribution in [1.29, 1.82) is 0 Å². The molecule has 1 aromatic heterocycles. The lowest BCUT2D eigenvalue weighted by atomic mass is 9.84. The number of benzene rings is 1. The number of carbonyl (C=O) groups is 2. The highest BCUT2D eigenvalue weighted by Gasteiger charge is 2.49. The topological polar surface area (TPSA) is 89.0 Å². The summed E-state index contributed by atoms with van der Waals surface area (Å²) in [6.45, 7) is 4.01. The zero-order valence-electron chi connectivity index (χ0n) is 18.0. The van der Waals surface area contributed by atoms with Crippen molar-refractivity contribution in [3.05, 3.63) is 59.8 Å². The minimum atomic E-state index is -5.08. The van der Waals surface area contributed by atoms with Crippen molar-refractivity contribution in [2.24, 2.45) is 0 Å². The van der Waals surface area contributed by atoms with Gasteiger partial charge in [0, 0.05) is 25.1 Å². The van der Waals surface area contributed by atoms with Crippen LogP contribution < -0.4 is 4.74 Å². The molecule has 2 aliphatic heterocycles. The fourth-order valence-corrected chi connectivity index (χ4v) is 3.80. The molecular weight excluding hydrogens is 441 g/mol. The lowest BCUT2D eigenvalue weighted by Crippen LogP contribution is -2.67. The highest BCUT2D eigenvalue weighted by molar-refractivity contribution is 5.80. The second-order valence-corrected chi connectivity index (χ2v) is 8.09. The van der Waals surface area contributed by atoms with Gasteiger partial charge < -0.3 is 19.5 Å². The number of aryl methyl sites for hydroxylation is 1. The van der Waals surface area contributed by atoms with Gasteiger partial charge in [-0.3, -0.25) is 4.79 Å². The Labute approximate surface area is 189 Å². The summed E-state index contributed by atoms with van der Waals surface area (Å²) in [4.78, 5) is 27.6. The number of hydrogen-bond donors (Lipinski definition) is 1. The molecule has 0 aliphatic carbocycles. The number of carboxylic acids is 1. The van der Waals surface area contributed by atoms with E-state index in [2.05, 4.69) is 4.98 Å². The van der Waals surface area contributed by atoms with E-state index in [1.807, 2.05) is 54.3 Å². The van der Waals surface area contributed by atoms with E-state index in [4.69, 9.17) is 19.4 Å². The highest BCUT2D eigenvalue weighted by atomic mass is 19.4. The van der Waals surface area contributed by atoms with Crippen molar-refractivity contribution >= 4 is 11.9 Å². The Morgan fingerprint density at radius 3 is 2.48 bits per heavy atom. The molecule has 4 rings (SSSR count). The monoisotopic (exact) mass is 466 g/mol. The van der Waals surface area contributed by atoms with Gasteiger partial charge in [-0.1, -0.05) is 30.3 Å². The molecule has 2 fully saturated rings. The number of halogens is 3. The van der Waals surface area contributed by atoms with Crippen LogP contribution in [0.3, 0.4) is 0 Å². The van der Waals surface area contributed by atoms with Gasteiger partial charge >= 0.3 is 12.1 Å². The lowest BCUT2D eigenvalue weighted by Gasteiger charge is -2.52. The molecule has 1 atom stereocenters. The standard InChI is InChI=1S/C21H24N2O3.C2HF3O2/c1-16-6-2-3-7-17(16)12-20(24)23-14-21(15-23)13-18(9-11-25-21)26-19-8-4-5-10-22-19;3-2(4,5)1(6)7/h2-8,10,18H,9,11-15H2,1H3;(H,6,7). The molecule has 2 saturated heterocycles. The Morgan fingerprint density at radius 2 is 1.88 bits per heavy atom. The number of likely N-dealkylation sites (tertiary alicyclic amines) is 1. The van der Waals surface area contributed by atoms with Crippen molar-refractivity contribution in [2.75, 3.05) is 19.7 Å². The minimum absolute atomic E-state index is 0.0901. The molecule has 0 saturated carbocycles. The van der Waals surface area contributed by atoms with Crippen molar-refractivity contribution in [1.82, 2.24) is 9.88 Å². The zero-order valence-corrected chi connectivity index (χ0v) is 18.0. The van der Waals surface area contributed by atoms with E-state index in [0.717, 1.165) is 24.0 Å². The summed E-state index contributed by atoms with van der Waals surface area (Å²) >= 11 is 0. The van der Waals surface area contributed by atoms with E-state index in [9.17, 15) is 18.0 Å². The molecule has 1 N–H and O–H groups in total. The van der Waals surface area contributed by atoms with E-state index in [1.165, 1.54) is 0 Å². The quantitative estimate of drug-likeness (QED) is 0.743. The number of aliphatic carboxylic acids is 1. The predicted octanol–water partition coefficient (Wildman–Crippen LogP) is 3.40. The van der Waals surface area contributed by atoms with Crippen molar-refractivity contribution in [3.63, 3.8) is 0 Å². The van der Waals surface area contributed by atoms with Gasteiger partial charge in [0.1, 0.15) is 11.7 Å². The summed E-state index contributed by atoms with van der Waals surface area (Å²) in [5, 5.41) is 7.12. The van der Waals surface area contributed by atoms with E-state index in [-0.39, 0.29) is 17.6 Å². The normalized spacial score (nSPS) is 19.2. The number of rotatable bonds is 4. The summed E-state index contributed by atoms with van der Waals surface area (Å²) in [5.74, 6) is -1.94. The maximum Gasteiger partial charge on any atom is 0.490 e. The summed E-state index contributed by atoms with van der Waals surface area (Å²) in [7, 11) is 0. The Kier molecular flexibility index (Phi) is 7.57. The third kappa shape index (κ3) is 6.67. The first-order chi connectivity index (χ1) is 15.6. The second kappa shape index (κ2) is 10.2. The summed E-state index contributed by atoms with van der Waals surface area (Å²) in [6.07, 6.45) is -1.14. The average Bonchev–Trinajstić information content (AvgIpc) is 2.74. The van der Waals surface area contributed by atoms with Gasteiger partial charge in [0.05, 0.1) is 26.1 Å². The molecule has 1 amide bonds. The van der Waals surface area contributed by atoms with Gasteiger partial charge in [-0.15, -0.1) is 0 Å². The molecule has 1 spiro atoms. The van der Waals surface area contributed by atoms with Crippen LogP contribution in [0, 0.1) is 6.92 Å². The van der Waals surface area contributed by atoms with Crippen molar-refractivity contribution in [3.8, 4) is 5.88 Å². The molecule has 0 bridgehead atoms. The molecule has 10 heteroatoms.